The van der Waals surface area contributed by atoms with E-state index in [0.29, 0.717) is 20.7 Å². The average molecular weight is 335 g/mol. The summed E-state index contributed by atoms with van der Waals surface area (Å²) in [6, 6.07) is 7.03. The zero-order chi connectivity index (χ0) is 11.7. The van der Waals surface area contributed by atoms with Crippen molar-refractivity contribution in [3.05, 3.63) is 34.2 Å². The summed E-state index contributed by atoms with van der Waals surface area (Å²) in [5, 5.41) is 0.878. The summed E-state index contributed by atoms with van der Waals surface area (Å²) >= 11 is 6.93. The molecule has 0 aliphatic carbocycles. The molecule has 0 unspecified atom stereocenters. The number of rotatable bonds is 2. The first-order chi connectivity index (χ1) is 7.58. The number of carbonyl (C=O) groups is 1. The lowest BCUT2D eigenvalue weighted by atomic mass is 10.1. The molecule has 1 heterocycles. The van der Waals surface area contributed by atoms with Gasteiger partial charge in [-0.2, -0.15) is 0 Å². The van der Waals surface area contributed by atoms with Crippen LogP contribution in [-0.4, -0.2) is 10.9 Å². The second-order valence-corrected chi connectivity index (χ2v) is 4.57. The normalized spacial score (nSPS) is 9.71. The SMILES string of the molecule is Br.NC(=O)c1sc(N)nc1-c1cccc(Cl)c1. The van der Waals surface area contributed by atoms with Crippen LogP contribution < -0.4 is 11.5 Å². The van der Waals surface area contributed by atoms with Gasteiger partial charge >= 0.3 is 0 Å². The van der Waals surface area contributed by atoms with E-state index in [1.807, 2.05) is 0 Å². The predicted molar refractivity (Wildman–Crippen MR) is 75.8 cm³/mol. The second-order valence-electron chi connectivity index (χ2n) is 3.10. The van der Waals surface area contributed by atoms with Crippen molar-refractivity contribution in [2.24, 2.45) is 5.73 Å². The number of hydrogen-bond donors (Lipinski definition) is 2. The fraction of sp³-hybridized carbons (Fsp3) is 0. The molecule has 1 aromatic carbocycles. The molecule has 4 N–H and O–H groups in total. The lowest BCUT2D eigenvalue weighted by Gasteiger charge is -1.99. The maximum Gasteiger partial charge on any atom is 0.261 e. The van der Waals surface area contributed by atoms with E-state index < -0.39 is 5.91 Å². The van der Waals surface area contributed by atoms with Crippen LogP contribution in [0, 0.1) is 0 Å². The van der Waals surface area contributed by atoms with Crippen LogP contribution in [0.1, 0.15) is 9.67 Å². The molecule has 0 aliphatic rings. The molecule has 0 radical (unpaired) electrons. The molecule has 0 bridgehead atoms. The van der Waals surface area contributed by atoms with E-state index in [9.17, 15) is 4.79 Å². The highest BCUT2D eigenvalue weighted by atomic mass is 79.9. The number of carbonyl (C=O) groups excluding carboxylic acids is 1. The molecule has 2 aromatic rings. The Morgan fingerprint density at radius 1 is 1.41 bits per heavy atom. The number of hydrogen-bond acceptors (Lipinski definition) is 4. The van der Waals surface area contributed by atoms with Crippen LogP contribution in [-0.2, 0) is 0 Å². The minimum atomic E-state index is -0.538. The van der Waals surface area contributed by atoms with Crippen LogP contribution >= 0.6 is 39.9 Å². The second kappa shape index (κ2) is 5.48. The largest absolute Gasteiger partial charge is 0.375 e. The fourth-order valence-electron chi connectivity index (χ4n) is 1.34. The number of benzene rings is 1. The van der Waals surface area contributed by atoms with E-state index in [-0.39, 0.29) is 17.0 Å². The number of halogens is 2. The first kappa shape index (κ1) is 14.0. The maximum absolute atomic E-state index is 11.2. The number of amides is 1. The minimum Gasteiger partial charge on any atom is -0.375 e. The van der Waals surface area contributed by atoms with E-state index in [4.69, 9.17) is 23.1 Å². The van der Waals surface area contributed by atoms with Gasteiger partial charge < -0.3 is 11.5 Å². The van der Waals surface area contributed by atoms with Gasteiger partial charge in [0.1, 0.15) is 4.88 Å². The van der Waals surface area contributed by atoms with Gasteiger partial charge in [-0.15, -0.1) is 17.0 Å². The molecule has 17 heavy (non-hydrogen) atoms. The van der Waals surface area contributed by atoms with Crippen molar-refractivity contribution >= 4 is 51.0 Å². The Hall–Kier alpha value is -1.11. The van der Waals surface area contributed by atoms with Crippen molar-refractivity contribution in [1.29, 1.82) is 0 Å². The zero-order valence-corrected chi connectivity index (χ0v) is 11.8. The molecule has 90 valence electrons. The highest BCUT2D eigenvalue weighted by molar-refractivity contribution is 8.93. The third kappa shape index (κ3) is 2.96. The first-order valence-corrected chi connectivity index (χ1v) is 5.59. The topological polar surface area (TPSA) is 82.0 Å². The summed E-state index contributed by atoms with van der Waals surface area (Å²) in [6.45, 7) is 0. The highest BCUT2D eigenvalue weighted by Gasteiger charge is 2.16. The monoisotopic (exact) mass is 333 g/mol. The smallest absolute Gasteiger partial charge is 0.261 e. The molecular formula is C10H9BrClN3OS. The van der Waals surface area contributed by atoms with E-state index in [1.54, 1.807) is 24.3 Å². The van der Waals surface area contributed by atoms with Gasteiger partial charge in [0.2, 0.25) is 0 Å². The summed E-state index contributed by atoms with van der Waals surface area (Å²) in [4.78, 5) is 15.6. The number of nitrogen functional groups attached to an aromatic ring is 1. The Morgan fingerprint density at radius 3 is 2.71 bits per heavy atom. The Balaban J connectivity index is 0.00000144. The summed E-state index contributed by atoms with van der Waals surface area (Å²) in [7, 11) is 0. The van der Waals surface area contributed by atoms with Crippen molar-refractivity contribution in [2.75, 3.05) is 5.73 Å². The van der Waals surface area contributed by atoms with Gasteiger partial charge in [0.05, 0.1) is 5.69 Å². The third-order valence-electron chi connectivity index (χ3n) is 1.97. The van der Waals surface area contributed by atoms with Gasteiger partial charge in [-0.1, -0.05) is 35.1 Å². The van der Waals surface area contributed by atoms with E-state index in [0.717, 1.165) is 16.9 Å². The molecule has 7 heteroatoms. The van der Waals surface area contributed by atoms with Crippen LogP contribution in [0.5, 0.6) is 0 Å². The molecule has 2 rings (SSSR count). The maximum atomic E-state index is 11.2. The number of nitrogens with two attached hydrogens (primary N) is 2. The van der Waals surface area contributed by atoms with Crippen LogP contribution in [0.2, 0.25) is 5.02 Å². The lowest BCUT2D eigenvalue weighted by Crippen LogP contribution is -2.10. The van der Waals surface area contributed by atoms with Crippen LogP contribution in [0.25, 0.3) is 11.3 Å². The van der Waals surface area contributed by atoms with Crippen molar-refractivity contribution in [3.8, 4) is 11.3 Å². The molecule has 0 spiro atoms. The molecular weight excluding hydrogens is 326 g/mol. The van der Waals surface area contributed by atoms with Crippen molar-refractivity contribution in [3.63, 3.8) is 0 Å². The van der Waals surface area contributed by atoms with Crippen LogP contribution in [0.4, 0.5) is 5.13 Å². The highest BCUT2D eigenvalue weighted by Crippen LogP contribution is 2.30. The summed E-state index contributed by atoms with van der Waals surface area (Å²) in [5.74, 6) is -0.538. The number of primary amides is 1. The quantitative estimate of drug-likeness (QED) is 0.886. The van der Waals surface area contributed by atoms with Crippen molar-refractivity contribution in [2.45, 2.75) is 0 Å². The molecule has 0 atom stereocenters. The predicted octanol–water partition coefficient (Wildman–Crippen LogP) is 2.72. The average Bonchev–Trinajstić information content (AvgIpc) is 2.60. The molecule has 0 fully saturated rings. The number of nitrogens with zero attached hydrogens (tertiary/aromatic N) is 1. The molecule has 1 aromatic heterocycles. The summed E-state index contributed by atoms with van der Waals surface area (Å²) < 4.78 is 0. The third-order valence-corrected chi connectivity index (χ3v) is 3.10. The van der Waals surface area contributed by atoms with Gasteiger partial charge in [-0.05, 0) is 12.1 Å². The first-order valence-electron chi connectivity index (χ1n) is 4.40. The minimum absolute atomic E-state index is 0. The van der Waals surface area contributed by atoms with Gasteiger partial charge in [-0.3, -0.25) is 4.79 Å². The van der Waals surface area contributed by atoms with E-state index in [2.05, 4.69) is 4.98 Å². The number of thiazole rings is 1. The van der Waals surface area contributed by atoms with Gasteiger partial charge in [-0.25, -0.2) is 4.98 Å². The zero-order valence-electron chi connectivity index (χ0n) is 8.51. The van der Waals surface area contributed by atoms with Gasteiger partial charge in [0.25, 0.3) is 5.91 Å². The molecule has 0 saturated carbocycles. The Labute approximate surface area is 117 Å². The lowest BCUT2D eigenvalue weighted by molar-refractivity contribution is 0.100. The Bertz CT molecular complexity index is 558. The van der Waals surface area contributed by atoms with Gasteiger partial charge in [0.15, 0.2) is 5.13 Å². The van der Waals surface area contributed by atoms with Crippen molar-refractivity contribution in [1.82, 2.24) is 4.98 Å². The number of anilines is 1. The Morgan fingerprint density at radius 2 is 2.12 bits per heavy atom. The Kier molecular flexibility index (Phi) is 4.50. The van der Waals surface area contributed by atoms with E-state index in [1.165, 1.54) is 0 Å². The molecule has 0 saturated heterocycles. The summed E-state index contributed by atoms with van der Waals surface area (Å²) in [5.41, 5.74) is 12.0. The summed E-state index contributed by atoms with van der Waals surface area (Å²) in [6.07, 6.45) is 0. The molecule has 1 amide bonds. The molecule has 4 nitrogen and oxygen atoms in total. The van der Waals surface area contributed by atoms with E-state index >= 15 is 0 Å². The standard InChI is InChI=1S/C10H8ClN3OS.BrH/c11-6-3-1-2-5(4-6)7-8(9(12)15)16-10(13)14-7;/h1-4H,(H2,12,15)(H2,13,14);1H. The van der Waals surface area contributed by atoms with Crippen LogP contribution in [0.15, 0.2) is 24.3 Å². The fourth-order valence-corrected chi connectivity index (χ4v) is 2.23. The van der Waals surface area contributed by atoms with Gasteiger partial charge in [0, 0.05) is 10.6 Å². The van der Waals surface area contributed by atoms with Crippen LogP contribution in [0.3, 0.4) is 0 Å². The van der Waals surface area contributed by atoms with Crippen molar-refractivity contribution < 1.29 is 4.79 Å². The molecule has 0 aliphatic heterocycles. The number of aromatic nitrogens is 1.